The lowest BCUT2D eigenvalue weighted by Crippen LogP contribution is -2.52. The molecule has 0 spiro atoms. The lowest BCUT2D eigenvalue weighted by Gasteiger charge is -2.39. The number of likely N-dealkylation sites (tertiary alicyclic amines) is 1. The van der Waals surface area contributed by atoms with Crippen molar-refractivity contribution in [2.75, 3.05) is 32.8 Å². The van der Waals surface area contributed by atoms with Crippen molar-refractivity contribution in [3.63, 3.8) is 0 Å². The van der Waals surface area contributed by atoms with Crippen LogP contribution in [0, 0.1) is 6.92 Å². The van der Waals surface area contributed by atoms with E-state index in [0.29, 0.717) is 31.5 Å². The number of carbonyl (C=O) groups is 2. The van der Waals surface area contributed by atoms with E-state index in [9.17, 15) is 9.59 Å². The molecule has 2 fully saturated rings. The summed E-state index contributed by atoms with van der Waals surface area (Å²) < 4.78 is 10.6. The van der Waals surface area contributed by atoms with E-state index in [2.05, 4.69) is 10.2 Å². The zero-order chi connectivity index (χ0) is 16.4. The Morgan fingerprint density at radius 2 is 2.17 bits per heavy atom. The largest absolute Gasteiger partial charge is 0.425 e. The third kappa shape index (κ3) is 3.36. The predicted molar refractivity (Wildman–Crippen MR) is 79.6 cm³/mol. The number of hydrogen-bond donors (Lipinski definition) is 0. The number of piperidine rings is 1. The highest BCUT2D eigenvalue weighted by molar-refractivity contribution is 5.86. The fraction of sp³-hybridized carbons (Fsp3) is 0.733. The van der Waals surface area contributed by atoms with E-state index in [1.54, 1.807) is 11.8 Å². The van der Waals surface area contributed by atoms with Crippen molar-refractivity contribution in [2.45, 2.75) is 38.6 Å². The molecule has 3 heterocycles. The first-order valence-corrected chi connectivity index (χ1v) is 8.01. The van der Waals surface area contributed by atoms with Crippen molar-refractivity contribution in [1.82, 2.24) is 20.0 Å². The third-order valence-electron chi connectivity index (χ3n) is 4.58. The molecule has 1 aromatic rings. The Labute approximate surface area is 134 Å². The van der Waals surface area contributed by atoms with Crippen LogP contribution in [0.3, 0.4) is 0 Å². The van der Waals surface area contributed by atoms with Crippen LogP contribution in [0.1, 0.15) is 37.5 Å². The summed E-state index contributed by atoms with van der Waals surface area (Å²) in [6.07, 6.45) is 1.81. The summed E-state index contributed by atoms with van der Waals surface area (Å²) in [5.41, 5.74) is 0. The molecule has 2 aliphatic rings. The number of rotatable bonds is 3. The minimum atomic E-state index is -0.127. The van der Waals surface area contributed by atoms with Crippen LogP contribution in [0.25, 0.3) is 0 Å². The smallest absolute Gasteiger partial charge is 0.249 e. The summed E-state index contributed by atoms with van der Waals surface area (Å²) >= 11 is 0. The molecule has 8 nitrogen and oxygen atoms in total. The Morgan fingerprint density at radius 1 is 1.35 bits per heavy atom. The Balaban J connectivity index is 1.66. The summed E-state index contributed by atoms with van der Waals surface area (Å²) in [7, 11) is 0. The van der Waals surface area contributed by atoms with Crippen molar-refractivity contribution in [1.29, 1.82) is 0 Å². The minimum Gasteiger partial charge on any atom is -0.425 e. The second-order valence-electron chi connectivity index (χ2n) is 6.10. The van der Waals surface area contributed by atoms with Crippen molar-refractivity contribution in [2.24, 2.45) is 0 Å². The minimum absolute atomic E-state index is 0.0211. The molecule has 0 bridgehead atoms. The molecule has 0 N–H and O–H groups in total. The zero-order valence-corrected chi connectivity index (χ0v) is 13.5. The highest BCUT2D eigenvalue weighted by atomic mass is 16.5. The number of carbonyl (C=O) groups excluding carboxylic acids is 2. The predicted octanol–water partition coefficient (Wildman–Crippen LogP) is 0.331. The van der Waals surface area contributed by atoms with E-state index in [4.69, 9.17) is 9.15 Å². The number of ether oxygens (including phenoxy) is 1. The van der Waals surface area contributed by atoms with E-state index in [0.717, 1.165) is 12.8 Å². The van der Waals surface area contributed by atoms with Gasteiger partial charge >= 0.3 is 0 Å². The van der Waals surface area contributed by atoms with E-state index in [1.165, 1.54) is 0 Å². The number of morpholine rings is 1. The molecule has 3 rings (SSSR count). The fourth-order valence-corrected chi connectivity index (χ4v) is 3.26. The average molecular weight is 322 g/mol. The first-order chi connectivity index (χ1) is 11.1. The van der Waals surface area contributed by atoms with Gasteiger partial charge in [0.05, 0.1) is 19.1 Å². The van der Waals surface area contributed by atoms with Gasteiger partial charge < -0.3 is 19.0 Å². The van der Waals surface area contributed by atoms with Crippen LogP contribution < -0.4 is 0 Å². The van der Waals surface area contributed by atoms with Crippen molar-refractivity contribution in [3.8, 4) is 0 Å². The van der Waals surface area contributed by atoms with Gasteiger partial charge in [-0.2, -0.15) is 0 Å². The van der Waals surface area contributed by atoms with E-state index in [-0.39, 0.29) is 36.9 Å². The summed E-state index contributed by atoms with van der Waals surface area (Å²) in [6.45, 7) is 5.59. The normalized spacial score (nSPS) is 25.7. The quantitative estimate of drug-likeness (QED) is 0.797. The Morgan fingerprint density at radius 3 is 2.87 bits per heavy atom. The van der Waals surface area contributed by atoms with Gasteiger partial charge in [0.1, 0.15) is 6.61 Å². The Bertz CT molecular complexity index is 588. The van der Waals surface area contributed by atoms with Gasteiger partial charge in [-0.15, -0.1) is 10.2 Å². The van der Waals surface area contributed by atoms with Gasteiger partial charge in [0.25, 0.3) is 0 Å². The van der Waals surface area contributed by atoms with Gasteiger partial charge in [0.15, 0.2) is 0 Å². The van der Waals surface area contributed by atoms with Crippen LogP contribution in [-0.2, 0) is 14.3 Å². The van der Waals surface area contributed by atoms with Crippen LogP contribution in [0.4, 0.5) is 0 Å². The molecule has 2 aliphatic heterocycles. The lowest BCUT2D eigenvalue weighted by molar-refractivity contribution is -0.150. The van der Waals surface area contributed by atoms with Crippen LogP contribution >= 0.6 is 0 Å². The molecular weight excluding hydrogens is 300 g/mol. The van der Waals surface area contributed by atoms with Gasteiger partial charge in [-0.1, -0.05) is 0 Å². The summed E-state index contributed by atoms with van der Waals surface area (Å²) in [5.74, 6) is 1.02. The van der Waals surface area contributed by atoms with Gasteiger partial charge in [-0.05, 0) is 19.8 Å². The van der Waals surface area contributed by atoms with Gasteiger partial charge in [0.2, 0.25) is 23.6 Å². The molecule has 1 aromatic heterocycles. The topological polar surface area (TPSA) is 88.8 Å². The SMILES string of the molecule is Cc1nnc([C@H]2CCCN(C(=O)CN3CCOCC3=O)[C@H]2C)o1. The van der Waals surface area contributed by atoms with Crippen LogP contribution in [0.5, 0.6) is 0 Å². The first-order valence-electron chi connectivity index (χ1n) is 8.01. The molecule has 2 amide bonds. The average Bonchev–Trinajstić information content (AvgIpc) is 2.96. The highest BCUT2D eigenvalue weighted by Crippen LogP contribution is 2.31. The van der Waals surface area contributed by atoms with Gasteiger partial charge in [-0.25, -0.2) is 0 Å². The number of aromatic nitrogens is 2. The zero-order valence-electron chi connectivity index (χ0n) is 13.5. The lowest BCUT2D eigenvalue weighted by atomic mass is 9.90. The molecule has 8 heteroatoms. The van der Waals surface area contributed by atoms with E-state index >= 15 is 0 Å². The first kappa shape index (κ1) is 15.9. The second-order valence-corrected chi connectivity index (χ2v) is 6.10. The standard InChI is InChI=1S/C15H22N4O4/c1-10-12(15-17-16-11(2)23-15)4-3-5-19(10)13(20)8-18-6-7-22-9-14(18)21/h10,12H,3-9H2,1-2H3/t10-,12-/m0/s1. The maximum absolute atomic E-state index is 12.6. The van der Waals surface area contributed by atoms with Crippen molar-refractivity contribution >= 4 is 11.8 Å². The Kier molecular flexibility index (Phi) is 4.61. The van der Waals surface area contributed by atoms with Crippen molar-refractivity contribution < 1.29 is 18.7 Å². The molecular formula is C15H22N4O4. The van der Waals surface area contributed by atoms with Crippen LogP contribution in [-0.4, -0.2) is 70.7 Å². The number of aryl methyl sites for hydroxylation is 1. The summed E-state index contributed by atoms with van der Waals surface area (Å²) in [6, 6.07) is -0.0211. The maximum Gasteiger partial charge on any atom is 0.249 e. The summed E-state index contributed by atoms with van der Waals surface area (Å²) in [5, 5.41) is 7.99. The Hall–Kier alpha value is -1.96. The number of hydrogen-bond acceptors (Lipinski definition) is 6. The molecule has 0 radical (unpaired) electrons. The maximum atomic E-state index is 12.6. The monoisotopic (exact) mass is 322 g/mol. The third-order valence-corrected chi connectivity index (χ3v) is 4.58. The molecule has 0 saturated carbocycles. The highest BCUT2D eigenvalue weighted by Gasteiger charge is 2.36. The summed E-state index contributed by atoms with van der Waals surface area (Å²) in [4.78, 5) is 27.8. The molecule has 0 aliphatic carbocycles. The molecule has 2 atom stereocenters. The fourth-order valence-electron chi connectivity index (χ4n) is 3.26. The second kappa shape index (κ2) is 6.66. The van der Waals surface area contributed by atoms with E-state index in [1.807, 2.05) is 11.8 Å². The number of nitrogens with zero attached hydrogens (tertiary/aromatic N) is 4. The van der Waals surface area contributed by atoms with Crippen LogP contribution in [0.2, 0.25) is 0 Å². The van der Waals surface area contributed by atoms with Gasteiger partial charge in [-0.3, -0.25) is 9.59 Å². The molecule has 126 valence electrons. The molecule has 2 saturated heterocycles. The molecule has 23 heavy (non-hydrogen) atoms. The molecule has 0 aromatic carbocycles. The number of amides is 2. The van der Waals surface area contributed by atoms with Gasteiger partial charge in [0, 0.05) is 26.1 Å². The molecule has 0 unspecified atom stereocenters. The van der Waals surface area contributed by atoms with E-state index < -0.39 is 0 Å². The van der Waals surface area contributed by atoms with Crippen molar-refractivity contribution in [3.05, 3.63) is 11.8 Å². The van der Waals surface area contributed by atoms with Crippen LogP contribution in [0.15, 0.2) is 4.42 Å².